The van der Waals surface area contributed by atoms with Gasteiger partial charge in [-0.05, 0) is 51.2 Å². The van der Waals surface area contributed by atoms with Crippen molar-refractivity contribution in [3.8, 4) is 0 Å². The first-order valence-electron chi connectivity index (χ1n) is 7.86. The summed E-state index contributed by atoms with van der Waals surface area (Å²) in [5.74, 6) is 2.13. The van der Waals surface area contributed by atoms with Gasteiger partial charge in [-0.15, -0.1) is 0 Å². The van der Waals surface area contributed by atoms with Gasteiger partial charge in [0.05, 0.1) is 11.7 Å². The summed E-state index contributed by atoms with van der Waals surface area (Å²) in [6.45, 7) is 6.71. The van der Waals surface area contributed by atoms with Gasteiger partial charge >= 0.3 is 0 Å². The van der Waals surface area contributed by atoms with E-state index >= 15 is 0 Å². The van der Waals surface area contributed by atoms with Crippen LogP contribution in [-0.2, 0) is 4.74 Å². The van der Waals surface area contributed by atoms with Crippen LogP contribution in [0.1, 0.15) is 45.3 Å². The van der Waals surface area contributed by atoms with Crippen molar-refractivity contribution in [1.82, 2.24) is 4.98 Å². The van der Waals surface area contributed by atoms with Crippen molar-refractivity contribution in [3.05, 3.63) is 35.5 Å². The number of anilines is 1. The fraction of sp³-hybridized carbons (Fsp3) is 0.611. The van der Waals surface area contributed by atoms with E-state index in [1.807, 2.05) is 25.2 Å². The predicted molar refractivity (Wildman–Crippen MR) is 86.4 cm³/mol. The summed E-state index contributed by atoms with van der Waals surface area (Å²) < 4.78 is 6.50. The van der Waals surface area contributed by atoms with Crippen molar-refractivity contribution in [3.63, 3.8) is 0 Å². The third-order valence-electron chi connectivity index (χ3n) is 5.18. The summed E-state index contributed by atoms with van der Waals surface area (Å²) in [5, 5.41) is 0. The number of fused-ring (bicyclic) bond motifs is 2. The zero-order chi connectivity index (χ0) is 15.2. The van der Waals surface area contributed by atoms with Crippen LogP contribution in [-0.4, -0.2) is 24.7 Å². The van der Waals surface area contributed by atoms with Crippen LogP contribution < -0.4 is 4.90 Å². The minimum Gasteiger partial charge on any atom is -0.367 e. The first-order valence-corrected chi connectivity index (χ1v) is 7.86. The molecule has 3 unspecified atom stereocenters. The molecular weight excluding hydrogens is 260 g/mol. The molecule has 1 fully saturated rings. The maximum absolute atomic E-state index is 6.50. The number of pyridine rings is 1. The Kier molecular flexibility index (Phi) is 3.56. The second kappa shape index (κ2) is 5.13. The summed E-state index contributed by atoms with van der Waals surface area (Å²) >= 11 is 0. The Morgan fingerprint density at radius 2 is 2.05 bits per heavy atom. The summed E-state index contributed by atoms with van der Waals surface area (Å²) in [5.41, 5.74) is 2.62. The number of hydrogen-bond donors (Lipinski definition) is 0. The minimum atomic E-state index is -0.0570. The first-order chi connectivity index (χ1) is 9.88. The number of allylic oxidation sites excluding steroid dienone is 1. The zero-order valence-corrected chi connectivity index (χ0v) is 13.8. The Labute approximate surface area is 128 Å². The maximum Gasteiger partial charge on any atom is 0.127 e. The van der Waals surface area contributed by atoms with Crippen LogP contribution in [0.3, 0.4) is 0 Å². The molecule has 2 aliphatic rings. The highest BCUT2D eigenvalue weighted by atomic mass is 16.5. The van der Waals surface area contributed by atoms with E-state index in [1.165, 1.54) is 17.6 Å². The lowest BCUT2D eigenvalue weighted by Crippen LogP contribution is -2.45. The molecule has 2 bridgehead atoms. The normalized spacial score (nSPS) is 30.7. The van der Waals surface area contributed by atoms with Crippen molar-refractivity contribution < 1.29 is 4.74 Å². The van der Waals surface area contributed by atoms with Gasteiger partial charge in [-0.2, -0.15) is 0 Å². The van der Waals surface area contributed by atoms with Gasteiger partial charge < -0.3 is 9.64 Å². The molecule has 1 aromatic rings. The molecule has 0 aromatic carbocycles. The van der Waals surface area contributed by atoms with E-state index in [-0.39, 0.29) is 11.7 Å². The standard InChI is InChI=1S/C18H26N2O/c1-12-6-8-14-10-15(12)17(21-18(14,2)3)13-7-9-16(19-11-13)20(4)5/h6-7,9,11,14-15,17H,8,10H2,1-5H3. The summed E-state index contributed by atoms with van der Waals surface area (Å²) in [6.07, 6.45) is 6.92. The monoisotopic (exact) mass is 286 g/mol. The SMILES string of the molecule is CC1=CCC2CC1C(c1ccc(N(C)C)nc1)OC2(C)C. The molecule has 0 N–H and O–H groups in total. The highest BCUT2D eigenvalue weighted by Crippen LogP contribution is 2.50. The van der Waals surface area contributed by atoms with Crippen LogP contribution in [0.4, 0.5) is 5.82 Å². The number of aromatic nitrogens is 1. The average molecular weight is 286 g/mol. The van der Waals surface area contributed by atoms with Crippen LogP contribution in [0, 0.1) is 11.8 Å². The van der Waals surface area contributed by atoms with E-state index in [0.717, 1.165) is 12.2 Å². The van der Waals surface area contributed by atoms with Gasteiger partial charge in [0.2, 0.25) is 0 Å². The summed E-state index contributed by atoms with van der Waals surface area (Å²) in [6, 6.07) is 4.25. The molecule has 114 valence electrons. The molecule has 1 aromatic heterocycles. The highest BCUT2D eigenvalue weighted by Gasteiger charge is 2.45. The molecule has 0 radical (unpaired) electrons. The molecule has 3 heteroatoms. The molecule has 0 spiro atoms. The number of rotatable bonds is 2. The van der Waals surface area contributed by atoms with Crippen LogP contribution >= 0.6 is 0 Å². The molecule has 2 heterocycles. The van der Waals surface area contributed by atoms with E-state index in [0.29, 0.717) is 11.8 Å². The van der Waals surface area contributed by atoms with E-state index in [9.17, 15) is 0 Å². The largest absolute Gasteiger partial charge is 0.367 e. The molecule has 3 nitrogen and oxygen atoms in total. The molecule has 21 heavy (non-hydrogen) atoms. The third-order valence-corrected chi connectivity index (χ3v) is 5.18. The second-order valence-corrected chi connectivity index (χ2v) is 7.21. The van der Waals surface area contributed by atoms with E-state index in [1.54, 1.807) is 0 Å². The molecule has 1 aliphatic heterocycles. The molecule has 1 aliphatic carbocycles. The van der Waals surface area contributed by atoms with E-state index in [4.69, 9.17) is 4.74 Å². The zero-order valence-electron chi connectivity index (χ0n) is 13.8. The van der Waals surface area contributed by atoms with Crippen molar-refractivity contribution in [2.24, 2.45) is 11.8 Å². The predicted octanol–water partition coefficient (Wildman–Crippen LogP) is 3.97. The quantitative estimate of drug-likeness (QED) is 0.769. The first kappa shape index (κ1) is 14.6. The van der Waals surface area contributed by atoms with Crippen LogP contribution in [0.15, 0.2) is 30.0 Å². The fourth-order valence-electron chi connectivity index (χ4n) is 3.63. The molecule has 3 rings (SSSR count). The van der Waals surface area contributed by atoms with Gasteiger partial charge in [0.15, 0.2) is 0 Å². The summed E-state index contributed by atoms with van der Waals surface area (Å²) in [7, 11) is 4.03. The van der Waals surface area contributed by atoms with Crippen LogP contribution in [0.5, 0.6) is 0 Å². The van der Waals surface area contributed by atoms with Gasteiger partial charge in [0.25, 0.3) is 0 Å². The number of hydrogen-bond acceptors (Lipinski definition) is 3. The number of nitrogens with zero attached hydrogens (tertiary/aromatic N) is 2. The lowest BCUT2D eigenvalue weighted by Gasteiger charge is -2.49. The third kappa shape index (κ3) is 2.59. The van der Waals surface area contributed by atoms with Gasteiger partial charge in [-0.3, -0.25) is 0 Å². The van der Waals surface area contributed by atoms with Gasteiger partial charge in [-0.25, -0.2) is 4.98 Å². The molecule has 1 saturated heterocycles. The Balaban J connectivity index is 1.92. The Hall–Kier alpha value is -1.35. The second-order valence-electron chi connectivity index (χ2n) is 7.21. The minimum absolute atomic E-state index is 0.0570. The Morgan fingerprint density at radius 3 is 2.67 bits per heavy atom. The summed E-state index contributed by atoms with van der Waals surface area (Å²) in [4.78, 5) is 6.58. The van der Waals surface area contributed by atoms with Crippen molar-refractivity contribution in [2.45, 2.75) is 45.3 Å². The average Bonchev–Trinajstić information content (AvgIpc) is 2.45. The molecular formula is C18H26N2O. The lowest BCUT2D eigenvalue weighted by molar-refractivity contribution is -0.166. The molecule has 0 amide bonds. The van der Waals surface area contributed by atoms with Crippen molar-refractivity contribution >= 4 is 5.82 Å². The van der Waals surface area contributed by atoms with Crippen LogP contribution in [0.25, 0.3) is 0 Å². The van der Waals surface area contributed by atoms with Crippen molar-refractivity contribution in [2.75, 3.05) is 19.0 Å². The molecule has 3 atom stereocenters. The maximum atomic E-state index is 6.50. The highest BCUT2D eigenvalue weighted by molar-refractivity contribution is 5.38. The molecule has 0 saturated carbocycles. The lowest BCUT2D eigenvalue weighted by atomic mass is 9.69. The Bertz CT molecular complexity index is 545. The van der Waals surface area contributed by atoms with Crippen LogP contribution in [0.2, 0.25) is 0 Å². The van der Waals surface area contributed by atoms with Gasteiger partial charge in [0, 0.05) is 26.2 Å². The Morgan fingerprint density at radius 1 is 1.29 bits per heavy atom. The van der Waals surface area contributed by atoms with E-state index < -0.39 is 0 Å². The smallest absolute Gasteiger partial charge is 0.127 e. The van der Waals surface area contributed by atoms with E-state index in [2.05, 4.69) is 44.0 Å². The van der Waals surface area contributed by atoms with Crippen molar-refractivity contribution in [1.29, 1.82) is 0 Å². The van der Waals surface area contributed by atoms with Gasteiger partial charge in [-0.1, -0.05) is 17.7 Å². The number of ether oxygens (including phenoxy) is 1. The fourth-order valence-corrected chi connectivity index (χ4v) is 3.63. The topological polar surface area (TPSA) is 25.4 Å². The van der Waals surface area contributed by atoms with Gasteiger partial charge in [0.1, 0.15) is 5.82 Å².